The average molecular weight is 245 g/mol. The maximum absolute atomic E-state index is 13.5. The predicted octanol–water partition coefficient (Wildman–Crippen LogP) is 3.79. The van der Waals surface area contributed by atoms with Crippen LogP contribution in [-0.4, -0.2) is 11.5 Å². The summed E-state index contributed by atoms with van der Waals surface area (Å²) in [5, 5.41) is 6.15. The topological polar surface area (TPSA) is 37.0 Å². The van der Waals surface area contributed by atoms with Gasteiger partial charge in [-0.15, -0.1) is 0 Å². The molecule has 0 radical (unpaired) electrons. The van der Waals surface area contributed by atoms with Gasteiger partial charge in [0.1, 0.15) is 17.5 Å². The van der Waals surface area contributed by atoms with E-state index in [2.05, 4.69) is 22.5 Å². The van der Waals surface area contributed by atoms with Crippen molar-refractivity contribution in [3.05, 3.63) is 48.3 Å². The van der Waals surface area contributed by atoms with Gasteiger partial charge in [0.05, 0.1) is 5.69 Å². The molecule has 18 heavy (non-hydrogen) atoms. The van der Waals surface area contributed by atoms with Crippen LogP contribution in [0.25, 0.3) is 0 Å². The van der Waals surface area contributed by atoms with Crippen LogP contribution in [0.15, 0.2) is 42.5 Å². The van der Waals surface area contributed by atoms with Crippen molar-refractivity contribution in [2.24, 2.45) is 0 Å². The van der Waals surface area contributed by atoms with Crippen LogP contribution in [0.5, 0.6) is 0 Å². The zero-order chi connectivity index (χ0) is 12.8. The molecule has 1 aromatic heterocycles. The molecule has 2 N–H and O–H groups in total. The number of hydrogen-bond donors (Lipinski definition) is 2. The lowest BCUT2D eigenvalue weighted by Crippen LogP contribution is -2.03. The van der Waals surface area contributed by atoms with Crippen LogP contribution in [0.4, 0.5) is 21.7 Å². The van der Waals surface area contributed by atoms with Crippen LogP contribution in [0.2, 0.25) is 0 Å². The van der Waals surface area contributed by atoms with Crippen LogP contribution in [0, 0.1) is 5.82 Å². The van der Waals surface area contributed by atoms with E-state index in [1.807, 2.05) is 18.2 Å². The van der Waals surface area contributed by atoms with Crippen molar-refractivity contribution in [2.45, 2.75) is 13.3 Å². The molecule has 0 unspecified atom stereocenters. The number of anilines is 3. The summed E-state index contributed by atoms with van der Waals surface area (Å²) in [4.78, 5) is 4.36. The summed E-state index contributed by atoms with van der Waals surface area (Å²) >= 11 is 0. The third kappa shape index (κ3) is 3.20. The molecule has 0 aliphatic heterocycles. The van der Waals surface area contributed by atoms with E-state index in [0.717, 1.165) is 18.8 Å². The summed E-state index contributed by atoms with van der Waals surface area (Å²) < 4.78 is 13.5. The molecule has 0 amide bonds. The van der Waals surface area contributed by atoms with Gasteiger partial charge in [-0.05, 0) is 30.7 Å². The minimum atomic E-state index is -0.286. The van der Waals surface area contributed by atoms with E-state index < -0.39 is 0 Å². The second kappa shape index (κ2) is 6.00. The molecule has 1 aromatic carbocycles. The molecule has 0 atom stereocenters. The molecule has 0 bridgehead atoms. The number of para-hydroxylation sites is 1. The fraction of sp³-hybridized carbons (Fsp3) is 0.214. The molecular weight excluding hydrogens is 229 g/mol. The van der Waals surface area contributed by atoms with Crippen molar-refractivity contribution in [1.29, 1.82) is 0 Å². The van der Waals surface area contributed by atoms with E-state index in [4.69, 9.17) is 0 Å². The highest BCUT2D eigenvalue weighted by Gasteiger charge is 2.02. The van der Waals surface area contributed by atoms with E-state index in [1.54, 1.807) is 18.2 Å². The first-order valence-electron chi connectivity index (χ1n) is 6.02. The summed E-state index contributed by atoms with van der Waals surface area (Å²) in [6.07, 6.45) is 1.03. The first-order chi connectivity index (χ1) is 8.79. The highest BCUT2D eigenvalue weighted by molar-refractivity contribution is 5.58. The number of aromatic nitrogens is 1. The van der Waals surface area contributed by atoms with E-state index in [1.165, 1.54) is 6.07 Å². The Bertz CT molecular complexity index is 514. The number of hydrogen-bond acceptors (Lipinski definition) is 3. The predicted molar refractivity (Wildman–Crippen MR) is 72.7 cm³/mol. The second-order valence-corrected chi connectivity index (χ2v) is 3.94. The van der Waals surface area contributed by atoms with Crippen molar-refractivity contribution in [2.75, 3.05) is 17.2 Å². The molecule has 0 aliphatic carbocycles. The number of benzene rings is 1. The highest BCUT2D eigenvalue weighted by Crippen LogP contribution is 2.19. The van der Waals surface area contributed by atoms with Crippen LogP contribution in [-0.2, 0) is 0 Å². The molecule has 0 spiro atoms. The Hall–Kier alpha value is -2.10. The Morgan fingerprint density at radius 3 is 2.61 bits per heavy atom. The Kier molecular flexibility index (Phi) is 4.12. The molecule has 0 saturated heterocycles. The SMILES string of the molecule is CCCNc1cccc(Nc2ccccc2F)n1. The van der Waals surface area contributed by atoms with E-state index in [0.29, 0.717) is 11.5 Å². The summed E-state index contributed by atoms with van der Waals surface area (Å²) in [5.74, 6) is 1.13. The smallest absolute Gasteiger partial charge is 0.146 e. The van der Waals surface area contributed by atoms with Gasteiger partial charge in [-0.1, -0.05) is 25.1 Å². The van der Waals surface area contributed by atoms with Gasteiger partial charge in [-0.25, -0.2) is 9.37 Å². The Labute approximate surface area is 106 Å². The van der Waals surface area contributed by atoms with Gasteiger partial charge in [0, 0.05) is 6.54 Å². The van der Waals surface area contributed by atoms with Crippen LogP contribution in [0.3, 0.4) is 0 Å². The lowest BCUT2D eigenvalue weighted by atomic mass is 10.3. The normalized spacial score (nSPS) is 10.1. The van der Waals surface area contributed by atoms with Crippen LogP contribution in [0.1, 0.15) is 13.3 Å². The third-order valence-electron chi connectivity index (χ3n) is 2.44. The molecule has 0 saturated carbocycles. The molecule has 2 rings (SSSR count). The maximum atomic E-state index is 13.5. The molecular formula is C14H16FN3. The minimum absolute atomic E-state index is 0.286. The fourth-order valence-corrected chi connectivity index (χ4v) is 1.56. The standard InChI is InChI=1S/C14H16FN3/c1-2-10-16-13-8-5-9-14(18-13)17-12-7-4-3-6-11(12)15/h3-9H,2,10H2,1H3,(H2,16,17,18). The van der Waals surface area contributed by atoms with Gasteiger partial charge in [0.2, 0.25) is 0 Å². The van der Waals surface area contributed by atoms with Crippen molar-refractivity contribution in [1.82, 2.24) is 4.98 Å². The zero-order valence-corrected chi connectivity index (χ0v) is 10.3. The minimum Gasteiger partial charge on any atom is -0.370 e. The number of nitrogens with one attached hydrogen (secondary N) is 2. The van der Waals surface area contributed by atoms with E-state index >= 15 is 0 Å². The second-order valence-electron chi connectivity index (χ2n) is 3.94. The van der Waals surface area contributed by atoms with Crippen LogP contribution < -0.4 is 10.6 Å². The van der Waals surface area contributed by atoms with Crippen molar-refractivity contribution in [3.8, 4) is 0 Å². The number of halogens is 1. The number of nitrogens with zero attached hydrogens (tertiary/aromatic N) is 1. The summed E-state index contributed by atoms with van der Waals surface area (Å²) in [6, 6.07) is 12.1. The highest BCUT2D eigenvalue weighted by atomic mass is 19.1. The molecule has 2 aromatic rings. The van der Waals surface area contributed by atoms with Gasteiger partial charge in [-0.2, -0.15) is 0 Å². The van der Waals surface area contributed by atoms with Crippen molar-refractivity contribution in [3.63, 3.8) is 0 Å². The summed E-state index contributed by atoms with van der Waals surface area (Å²) in [6.45, 7) is 2.96. The molecule has 3 nitrogen and oxygen atoms in total. The lowest BCUT2D eigenvalue weighted by Gasteiger charge is -2.09. The van der Waals surface area contributed by atoms with Gasteiger partial charge < -0.3 is 10.6 Å². The Balaban J connectivity index is 2.12. The first-order valence-corrected chi connectivity index (χ1v) is 6.02. The van der Waals surface area contributed by atoms with Crippen molar-refractivity contribution < 1.29 is 4.39 Å². The van der Waals surface area contributed by atoms with Gasteiger partial charge in [-0.3, -0.25) is 0 Å². The van der Waals surface area contributed by atoms with E-state index in [-0.39, 0.29) is 5.82 Å². The largest absolute Gasteiger partial charge is 0.370 e. The zero-order valence-electron chi connectivity index (χ0n) is 10.3. The van der Waals surface area contributed by atoms with Crippen molar-refractivity contribution >= 4 is 17.3 Å². The van der Waals surface area contributed by atoms with Gasteiger partial charge >= 0.3 is 0 Å². The van der Waals surface area contributed by atoms with E-state index in [9.17, 15) is 4.39 Å². The summed E-state index contributed by atoms with van der Waals surface area (Å²) in [5.41, 5.74) is 0.428. The average Bonchev–Trinajstić information content (AvgIpc) is 2.40. The monoisotopic (exact) mass is 245 g/mol. The molecule has 94 valence electrons. The maximum Gasteiger partial charge on any atom is 0.146 e. The number of rotatable bonds is 5. The Morgan fingerprint density at radius 2 is 1.83 bits per heavy atom. The van der Waals surface area contributed by atoms with Gasteiger partial charge in [0.15, 0.2) is 0 Å². The molecule has 0 aliphatic rings. The fourth-order valence-electron chi connectivity index (χ4n) is 1.56. The molecule has 4 heteroatoms. The van der Waals surface area contributed by atoms with Gasteiger partial charge in [0.25, 0.3) is 0 Å². The quantitative estimate of drug-likeness (QED) is 0.841. The Morgan fingerprint density at radius 1 is 1.06 bits per heavy atom. The lowest BCUT2D eigenvalue weighted by molar-refractivity contribution is 0.632. The third-order valence-corrected chi connectivity index (χ3v) is 2.44. The molecule has 0 fully saturated rings. The first kappa shape index (κ1) is 12.4. The van der Waals surface area contributed by atoms with Crippen LogP contribution >= 0.6 is 0 Å². The summed E-state index contributed by atoms with van der Waals surface area (Å²) in [7, 11) is 0. The molecule has 1 heterocycles. The number of pyridine rings is 1.